The smallest absolute Gasteiger partial charge is 0.123 e. The van der Waals surface area contributed by atoms with E-state index in [4.69, 9.17) is 4.74 Å². The van der Waals surface area contributed by atoms with Crippen molar-refractivity contribution in [3.05, 3.63) is 65.5 Å². The average molecular weight is 287 g/mol. The Morgan fingerprint density at radius 3 is 2.38 bits per heavy atom. The lowest BCUT2D eigenvalue weighted by molar-refractivity contribution is 0.395. The molecule has 0 amide bonds. The topological polar surface area (TPSA) is 21.3 Å². The van der Waals surface area contributed by atoms with Crippen LogP contribution in [0.2, 0.25) is 0 Å². The summed E-state index contributed by atoms with van der Waals surface area (Å²) in [5.74, 6) is 0.702. The van der Waals surface area contributed by atoms with Crippen LogP contribution >= 0.6 is 0 Å². The number of benzene rings is 2. The molecule has 1 N–H and O–H groups in total. The van der Waals surface area contributed by atoms with Crippen LogP contribution in [0.3, 0.4) is 0 Å². The van der Waals surface area contributed by atoms with Crippen LogP contribution < -0.4 is 10.1 Å². The van der Waals surface area contributed by atoms with E-state index in [1.807, 2.05) is 30.3 Å². The molecule has 2 nitrogen and oxygen atoms in total. The van der Waals surface area contributed by atoms with Crippen molar-refractivity contribution in [3.8, 4) is 5.75 Å². The van der Waals surface area contributed by atoms with Gasteiger partial charge in [-0.05, 0) is 44.0 Å². The van der Waals surface area contributed by atoms with E-state index in [1.165, 1.54) is 12.1 Å². The summed E-state index contributed by atoms with van der Waals surface area (Å²) in [6, 6.07) is 15.2. The number of halogens is 1. The maximum atomic E-state index is 12.9. The fourth-order valence-electron chi connectivity index (χ4n) is 2.57. The van der Waals surface area contributed by atoms with Gasteiger partial charge < -0.3 is 10.1 Å². The first-order chi connectivity index (χ1) is 10.1. The van der Waals surface area contributed by atoms with Gasteiger partial charge in [-0.3, -0.25) is 0 Å². The summed E-state index contributed by atoms with van der Waals surface area (Å²) < 4.78 is 18.3. The zero-order valence-electron chi connectivity index (χ0n) is 12.8. The van der Waals surface area contributed by atoms with Crippen LogP contribution in [0.5, 0.6) is 5.75 Å². The lowest BCUT2D eigenvalue weighted by atomic mass is 10.0. The van der Waals surface area contributed by atoms with Gasteiger partial charge in [-0.15, -0.1) is 0 Å². The SMILES string of the molecule is COc1ccccc1[C@H](C)NC(C)Cc1ccc(F)cc1. The Balaban J connectivity index is 1.98. The molecule has 0 aliphatic carbocycles. The summed E-state index contributed by atoms with van der Waals surface area (Å²) in [4.78, 5) is 0. The van der Waals surface area contributed by atoms with Crippen molar-refractivity contribution in [2.45, 2.75) is 32.4 Å². The third-order valence-corrected chi connectivity index (χ3v) is 3.60. The van der Waals surface area contributed by atoms with E-state index in [0.717, 1.165) is 23.3 Å². The fraction of sp³-hybridized carbons (Fsp3) is 0.333. The molecule has 0 radical (unpaired) electrons. The molecular formula is C18H22FNO. The monoisotopic (exact) mass is 287 g/mol. The minimum Gasteiger partial charge on any atom is -0.496 e. The Kier molecular flexibility index (Phi) is 5.34. The minimum atomic E-state index is -0.193. The molecule has 2 rings (SSSR count). The summed E-state index contributed by atoms with van der Waals surface area (Å²) >= 11 is 0. The predicted octanol–water partition coefficient (Wildman–Crippen LogP) is 4.12. The van der Waals surface area contributed by atoms with Gasteiger partial charge in [0.2, 0.25) is 0 Å². The molecule has 0 bridgehead atoms. The fourth-order valence-corrected chi connectivity index (χ4v) is 2.57. The van der Waals surface area contributed by atoms with Crippen molar-refractivity contribution in [1.29, 1.82) is 0 Å². The third-order valence-electron chi connectivity index (χ3n) is 3.60. The van der Waals surface area contributed by atoms with E-state index in [-0.39, 0.29) is 17.9 Å². The van der Waals surface area contributed by atoms with Gasteiger partial charge in [0.25, 0.3) is 0 Å². The summed E-state index contributed by atoms with van der Waals surface area (Å²) in [7, 11) is 1.69. The standard InChI is InChI=1S/C18H22FNO/c1-13(12-15-8-10-16(19)11-9-15)20-14(2)17-6-4-5-7-18(17)21-3/h4-11,13-14,20H,12H2,1-3H3/t13?,14-/m0/s1. The van der Waals surface area contributed by atoms with Crippen LogP contribution in [0.15, 0.2) is 48.5 Å². The van der Waals surface area contributed by atoms with Gasteiger partial charge in [0.05, 0.1) is 7.11 Å². The van der Waals surface area contributed by atoms with Crippen LogP contribution in [0, 0.1) is 5.82 Å². The van der Waals surface area contributed by atoms with E-state index >= 15 is 0 Å². The second-order valence-electron chi connectivity index (χ2n) is 5.36. The molecule has 0 aromatic heterocycles. The van der Waals surface area contributed by atoms with E-state index in [1.54, 1.807) is 7.11 Å². The summed E-state index contributed by atoms with van der Waals surface area (Å²) in [5, 5.41) is 3.56. The number of hydrogen-bond acceptors (Lipinski definition) is 2. The molecule has 3 heteroatoms. The van der Waals surface area contributed by atoms with Gasteiger partial charge in [0, 0.05) is 17.6 Å². The number of methoxy groups -OCH3 is 1. The number of nitrogens with one attached hydrogen (secondary N) is 1. The van der Waals surface area contributed by atoms with Gasteiger partial charge in [0.1, 0.15) is 11.6 Å². The van der Waals surface area contributed by atoms with E-state index in [0.29, 0.717) is 0 Å². The van der Waals surface area contributed by atoms with E-state index in [2.05, 4.69) is 25.2 Å². The van der Waals surface area contributed by atoms with Gasteiger partial charge in [-0.2, -0.15) is 0 Å². The van der Waals surface area contributed by atoms with Crippen molar-refractivity contribution in [2.24, 2.45) is 0 Å². The largest absolute Gasteiger partial charge is 0.496 e. The highest BCUT2D eigenvalue weighted by atomic mass is 19.1. The van der Waals surface area contributed by atoms with Crippen LogP contribution in [0.25, 0.3) is 0 Å². The Labute approximate surface area is 126 Å². The van der Waals surface area contributed by atoms with Gasteiger partial charge >= 0.3 is 0 Å². The molecule has 21 heavy (non-hydrogen) atoms. The molecule has 2 atom stereocenters. The second-order valence-corrected chi connectivity index (χ2v) is 5.36. The first kappa shape index (κ1) is 15.5. The van der Waals surface area contributed by atoms with Crippen LogP contribution in [0.1, 0.15) is 31.0 Å². The minimum absolute atomic E-state index is 0.191. The average Bonchev–Trinajstić information content (AvgIpc) is 2.49. The predicted molar refractivity (Wildman–Crippen MR) is 84.1 cm³/mol. The summed E-state index contributed by atoms with van der Waals surface area (Å²) in [6.07, 6.45) is 0.861. The number of rotatable bonds is 6. The quantitative estimate of drug-likeness (QED) is 0.863. The first-order valence-corrected chi connectivity index (χ1v) is 7.23. The van der Waals surface area contributed by atoms with Crippen molar-refractivity contribution in [2.75, 3.05) is 7.11 Å². The Morgan fingerprint density at radius 2 is 1.71 bits per heavy atom. The lowest BCUT2D eigenvalue weighted by Gasteiger charge is -2.22. The molecule has 0 aliphatic heterocycles. The van der Waals surface area contributed by atoms with Gasteiger partial charge in [-0.25, -0.2) is 4.39 Å². The number of hydrogen-bond donors (Lipinski definition) is 1. The van der Waals surface area contributed by atoms with Crippen molar-refractivity contribution in [1.82, 2.24) is 5.32 Å². The highest BCUT2D eigenvalue weighted by Gasteiger charge is 2.13. The number of para-hydroxylation sites is 1. The molecule has 2 aromatic rings. The highest BCUT2D eigenvalue weighted by Crippen LogP contribution is 2.24. The molecule has 0 spiro atoms. The van der Waals surface area contributed by atoms with Gasteiger partial charge in [-0.1, -0.05) is 30.3 Å². The normalized spacial score (nSPS) is 13.7. The van der Waals surface area contributed by atoms with Crippen molar-refractivity contribution in [3.63, 3.8) is 0 Å². The summed E-state index contributed by atoms with van der Waals surface area (Å²) in [6.45, 7) is 4.26. The van der Waals surface area contributed by atoms with Crippen LogP contribution in [-0.2, 0) is 6.42 Å². The van der Waals surface area contributed by atoms with E-state index in [9.17, 15) is 4.39 Å². The molecule has 112 valence electrons. The zero-order valence-corrected chi connectivity index (χ0v) is 12.8. The van der Waals surface area contributed by atoms with Crippen molar-refractivity contribution >= 4 is 0 Å². The van der Waals surface area contributed by atoms with Crippen LogP contribution in [0.4, 0.5) is 4.39 Å². The summed E-state index contributed by atoms with van der Waals surface area (Å²) in [5.41, 5.74) is 2.27. The van der Waals surface area contributed by atoms with Gasteiger partial charge in [0.15, 0.2) is 0 Å². The Bertz CT molecular complexity index is 568. The highest BCUT2D eigenvalue weighted by molar-refractivity contribution is 5.35. The molecule has 0 heterocycles. The Morgan fingerprint density at radius 1 is 1.05 bits per heavy atom. The number of ether oxygens (including phenoxy) is 1. The first-order valence-electron chi connectivity index (χ1n) is 7.23. The maximum absolute atomic E-state index is 12.9. The second kappa shape index (κ2) is 7.23. The molecule has 2 aromatic carbocycles. The van der Waals surface area contributed by atoms with E-state index < -0.39 is 0 Å². The molecule has 0 aliphatic rings. The molecule has 0 saturated carbocycles. The Hall–Kier alpha value is -1.87. The zero-order chi connectivity index (χ0) is 15.2. The molecule has 0 fully saturated rings. The maximum Gasteiger partial charge on any atom is 0.123 e. The molecule has 1 unspecified atom stereocenters. The van der Waals surface area contributed by atoms with Crippen LogP contribution in [-0.4, -0.2) is 13.2 Å². The third kappa shape index (κ3) is 4.30. The lowest BCUT2D eigenvalue weighted by Crippen LogP contribution is -2.30. The molecule has 0 saturated heterocycles. The van der Waals surface area contributed by atoms with Crippen molar-refractivity contribution < 1.29 is 9.13 Å². The molecular weight excluding hydrogens is 265 g/mol.